The van der Waals surface area contributed by atoms with E-state index in [1.165, 1.54) is 12.8 Å². The zero-order valence-corrected chi connectivity index (χ0v) is 14.1. The molecule has 2 N–H and O–H groups in total. The first-order valence-electron chi connectivity index (χ1n) is 8.23. The molecular weight excluding hydrogens is 310 g/mol. The molecule has 0 aliphatic carbocycles. The topological polar surface area (TPSA) is 87.1 Å². The standard InChI is InChI=1S/C16H21NO3.C2H4O2/c1-17-12-7-8-13(17)10-14(9-12)20-16(19)15(18)11-5-3-2-4-6-11;1-2(3)4/h2-6,12-15,18H,7-10H2,1H3;1H3,(H,3,4)/t12-,13+,14+,15?;. The zero-order chi connectivity index (χ0) is 17.7. The van der Waals surface area contributed by atoms with E-state index in [-0.39, 0.29) is 6.10 Å². The van der Waals surface area contributed by atoms with Crippen LogP contribution in [-0.4, -0.2) is 52.3 Å². The molecule has 1 aromatic rings. The maximum Gasteiger partial charge on any atom is 0.339 e. The molecule has 3 rings (SSSR count). The van der Waals surface area contributed by atoms with E-state index in [1.807, 2.05) is 18.2 Å². The summed E-state index contributed by atoms with van der Waals surface area (Å²) in [4.78, 5) is 23.4. The van der Waals surface area contributed by atoms with E-state index in [4.69, 9.17) is 14.6 Å². The molecule has 0 saturated carbocycles. The third-order valence-corrected chi connectivity index (χ3v) is 4.68. The SMILES string of the molecule is CC(=O)O.CN1[C@@H]2CC[C@H]1C[C@@H](OC(=O)C(O)c1ccccc1)C2. The zero-order valence-electron chi connectivity index (χ0n) is 14.1. The van der Waals surface area contributed by atoms with Gasteiger partial charge >= 0.3 is 5.97 Å². The fourth-order valence-corrected chi connectivity index (χ4v) is 3.46. The van der Waals surface area contributed by atoms with Gasteiger partial charge in [-0.05, 0) is 38.3 Å². The van der Waals surface area contributed by atoms with Crippen LogP contribution >= 0.6 is 0 Å². The van der Waals surface area contributed by atoms with E-state index in [2.05, 4.69) is 11.9 Å². The summed E-state index contributed by atoms with van der Waals surface area (Å²) in [5.74, 6) is -1.36. The molecular formula is C18H25NO5. The fraction of sp³-hybridized carbons (Fsp3) is 0.556. The Kier molecular flexibility index (Phi) is 6.34. The normalized spacial score (nSPS) is 26.9. The van der Waals surface area contributed by atoms with Crippen molar-refractivity contribution >= 4 is 11.9 Å². The number of carboxylic acid groups (broad SMARTS) is 1. The summed E-state index contributed by atoms with van der Waals surface area (Å²) in [7, 11) is 2.15. The van der Waals surface area contributed by atoms with Crippen molar-refractivity contribution in [2.75, 3.05) is 7.05 Å². The molecule has 0 radical (unpaired) electrons. The first kappa shape index (κ1) is 18.4. The van der Waals surface area contributed by atoms with Crippen LogP contribution in [0.5, 0.6) is 0 Å². The Hall–Kier alpha value is -1.92. The van der Waals surface area contributed by atoms with Gasteiger partial charge in [-0.3, -0.25) is 4.79 Å². The van der Waals surface area contributed by atoms with Gasteiger partial charge in [0.05, 0.1) is 0 Å². The average molecular weight is 335 g/mol. The van der Waals surface area contributed by atoms with Gasteiger partial charge in [-0.15, -0.1) is 0 Å². The van der Waals surface area contributed by atoms with Gasteiger partial charge in [-0.25, -0.2) is 4.79 Å². The number of aliphatic hydroxyl groups excluding tert-OH is 1. The number of nitrogens with zero attached hydrogens (tertiary/aromatic N) is 1. The minimum Gasteiger partial charge on any atom is -0.481 e. The van der Waals surface area contributed by atoms with Crippen LogP contribution in [-0.2, 0) is 14.3 Å². The van der Waals surface area contributed by atoms with Gasteiger partial charge in [0.1, 0.15) is 6.10 Å². The summed E-state index contributed by atoms with van der Waals surface area (Å²) < 4.78 is 5.52. The Bertz CT molecular complexity index is 544. The van der Waals surface area contributed by atoms with E-state index >= 15 is 0 Å². The summed E-state index contributed by atoms with van der Waals surface area (Å²) in [5, 5.41) is 17.5. The molecule has 6 nitrogen and oxygen atoms in total. The van der Waals surface area contributed by atoms with Gasteiger partial charge < -0.3 is 19.8 Å². The first-order chi connectivity index (χ1) is 11.4. The monoisotopic (exact) mass is 335 g/mol. The molecule has 6 heteroatoms. The highest BCUT2D eigenvalue weighted by molar-refractivity contribution is 5.76. The van der Waals surface area contributed by atoms with Gasteiger partial charge in [0.2, 0.25) is 0 Å². The quantitative estimate of drug-likeness (QED) is 0.822. The van der Waals surface area contributed by atoms with Gasteiger partial charge in [0.15, 0.2) is 6.10 Å². The Morgan fingerprint density at radius 3 is 2.17 bits per heavy atom. The molecule has 24 heavy (non-hydrogen) atoms. The predicted octanol–water partition coefficient (Wildman–Crippen LogP) is 1.98. The molecule has 4 atom stereocenters. The number of hydrogen-bond acceptors (Lipinski definition) is 5. The number of aliphatic hydroxyl groups is 1. The van der Waals surface area contributed by atoms with Crippen LogP contribution in [0.1, 0.15) is 44.3 Å². The molecule has 0 spiro atoms. The number of benzene rings is 1. The van der Waals surface area contributed by atoms with Crippen LogP contribution in [0.25, 0.3) is 0 Å². The van der Waals surface area contributed by atoms with Crippen molar-refractivity contribution in [2.24, 2.45) is 0 Å². The highest BCUT2D eigenvalue weighted by atomic mass is 16.6. The third-order valence-electron chi connectivity index (χ3n) is 4.68. The maximum absolute atomic E-state index is 12.0. The molecule has 2 fully saturated rings. The van der Waals surface area contributed by atoms with E-state index in [1.54, 1.807) is 12.1 Å². The second-order valence-electron chi connectivity index (χ2n) is 6.41. The lowest BCUT2D eigenvalue weighted by molar-refractivity contribution is -0.162. The van der Waals surface area contributed by atoms with E-state index in [9.17, 15) is 9.90 Å². The predicted molar refractivity (Wildman–Crippen MR) is 88.4 cm³/mol. The van der Waals surface area contributed by atoms with Gasteiger partial charge in [-0.1, -0.05) is 30.3 Å². The smallest absolute Gasteiger partial charge is 0.339 e. The number of esters is 1. The van der Waals surface area contributed by atoms with Crippen molar-refractivity contribution in [2.45, 2.75) is 56.9 Å². The Balaban J connectivity index is 0.000000471. The Morgan fingerprint density at radius 1 is 1.17 bits per heavy atom. The first-order valence-corrected chi connectivity index (χ1v) is 8.23. The molecule has 2 bridgehead atoms. The van der Waals surface area contributed by atoms with Gasteiger partial charge in [-0.2, -0.15) is 0 Å². The number of piperidine rings is 1. The number of carbonyl (C=O) groups is 2. The van der Waals surface area contributed by atoms with Crippen molar-refractivity contribution in [1.29, 1.82) is 0 Å². The average Bonchev–Trinajstić information content (AvgIpc) is 2.75. The van der Waals surface area contributed by atoms with Crippen molar-refractivity contribution in [1.82, 2.24) is 4.90 Å². The van der Waals surface area contributed by atoms with E-state index in [0.717, 1.165) is 19.8 Å². The van der Waals surface area contributed by atoms with Crippen LogP contribution in [0.15, 0.2) is 30.3 Å². The van der Waals surface area contributed by atoms with Gasteiger partial charge in [0, 0.05) is 19.0 Å². The molecule has 132 valence electrons. The molecule has 2 aliphatic heterocycles. The minimum absolute atomic E-state index is 0.0467. The number of carboxylic acids is 1. The number of rotatable bonds is 3. The van der Waals surface area contributed by atoms with Gasteiger partial charge in [0.25, 0.3) is 5.97 Å². The molecule has 2 saturated heterocycles. The van der Waals surface area contributed by atoms with E-state index in [0.29, 0.717) is 17.6 Å². The second-order valence-corrected chi connectivity index (χ2v) is 6.41. The van der Waals surface area contributed by atoms with Crippen LogP contribution < -0.4 is 0 Å². The lowest BCUT2D eigenvalue weighted by Gasteiger charge is -2.36. The highest BCUT2D eigenvalue weighted by Crippen LogP contribution is 2.35. The van der Waals surface area contributed by atoms with Crippen molar-refractivity contribution in [3.63, 3.8) is 0 Å². The molecule has 2 heterocycles. The van der Waals surface area contributed by atoms with Crippen LogP contribution in [0.3, 0.4) is 0 Å². The number of aliphatic carboxylic acids is 1. The lowest BCUT2D eigenvalue weighted by Crippen LogP contribution is -2.43. The fourth-order valence-electron chi connectivity index (χ4n) is 3.46. The maximum atomic E-state index is 12.0. The molecule has 1 aromatic carbocycles. The summed E-state index contributed by atoms with van der Waals surface area (Å²) in [6.07, 6.45) is 2.94. The minimum atomic E-state index is -1.17. The van der Waals surface area contributed by atoms with Crippen LogP contribution in [0.4, 0.5) is 0 Å². The summed E-state index contributed by atoms with van der Waals surface area (Å²) in [6, 6.07) is 10.0. The van der Waals surface area contributed by atoms with Crippen molar-refractivity contribution in [3.8, 4) is 0 Å². The number of fused-ring (bicyclic) bond motifs is 2. The van der Waals surface area contributed by atoms with E-state index < -0.39 is 18.0 Å². The lowest BCUT2D eigenvalue weighted by atomic mass is 10.0. The molecule has 1 unspecified atom stereocenters. The van der Waals surface area contributed by atoms with Crippen LogP contribution in [0.2, 0.25) is 0 Å². The number of ether oxygens (including phenoxy) is 1. The number of carbonyl (C=O) groups excluding carboxylic acids is 1. The summed E-state index contributed by atoms with van der Waals surface area (Å²) >= 11 is 0. The molecule has 0 aromatic heterocycles. The molecule has 2 aliphatic rings. The summed E-state index contributed by atoms with van der Waals surface area (Å²) in [5.41, 5.74) is 0.591. The third kappa shape index (κ3) is 4.79. The highest BCUT2D eigenvalue weighted by Gasteiger charge is 2.40. The Morgan fingerprint density at radius 2 is 1.67 bits per heavy atom. The Labute approximate surface area is 142 Å². The van der Waals surface area contributed by atoms with Crippen molar-refractivity contribution < 1.29 is 24.5 Å². The second kappa shape index (κ2) is 8.26. The summed E-state index contributed by atoms with van der Waals surface area (Å²) in [6.45, 7) is 1.08. The van der Waals surface area contributed by atoms with Crippen molar-refractivity contribution in [3.05, 3.63) is 35.9 Å². The molecule has 0 amide bonds. The number of hydrogen-bond donors (Lipinski definition) is 2. The van der Waals surface area contributed by atoms with Crippen LogP contribution in [0, 0.1) is 0 Å². The largest absolute Gasteiger partial charge is 0.481 e.